The maximum absolute atomic E-state index is 12.4. The number of hydrogen-bond acceptors (Lipinski definition) is 4. The number of para-hydroxylation sites is 1. The molecule has 1 aliphatic rings. The van der Waals surface area contributed by atoms with Gasteiger partial charge in [-0.2, -0.15) is 0 Å². The molecule has 0 aliphatic carbocycles. The Morgan fingerprint density at radius 3 is 2.85 bits per heavy atom. The molecule has 1 N–H and O–H groups in total. The predicted molar refractivity (Wildman–Crippen MR) is 113 cm³/mol. The number of halogens is 1. The van der Waals surface area contributed by atoms with Gasteiger partial charge in [0.1, 0.15) is 0 Å². The average Bonchev–Trinajstić information content (AvgIpc) is 3.18. The summed E-state index contributed by atoms with van der Waals surface area (Å²) >= 11 is 7.03. The van der Waals surface area contributed by atoms with Gasteiger partial charge in [-0.3, -0.25) is 14.4 Å². The minimum Gasteiger partial charge on any atom is -0.493 e. The van der Waals surface area contributed by atoms with Crippen LogP contribution in [0.5, 0.6) is 5.88 Å². The summed E-state index contributed by atoms with van der Waals surface area (Å²) in [5.74, 6) is -0.0361. The number of aromatic nitrogens is 1. The van der Waals surface area contributed by atoms with Gasteiger partial charge in [-0.25, -0.2) is 0 Å². The molecule has 3 aromatic rings. The molecule has 1 aliphatic heterocycles. The van der Waals surface area contributed by atoms with E-state index in [1.54, 1.807) is 18.3 Å². The van der Waals surface area contributed by atoms with Crippen molar-refractivity contribution in [1.82, 2.24) is 4.57 Å². The molecule has 6 heteroatoms. The van der Waals surface area contributed by atoms with Gasteiger partial charge >= 0.3 is 4.87 Å². The van der Waals surface area contributed by atoms with Crippen molar-refractivity contribution in [3.05, 3.63) is 78.7 Å². The lowest BCUT2D eigenvalue weighted by atomic mass is 10.0. The van der Waals surface area contributed by atoms with Gasteiger partial charge in [-0.1, -0.05) is 60.2 Å². The molecule has 0 atom stereocenters. The highest BCUT2D eigenvalue weighted by Gasteiger charge is 2.18. The molecule has 136 valence electrons. The Hall–Kier alpha value is -2.63. The number of aryl methyl sites for hydroxylation is 1. The van der Waals surface area contributed by atoms with Gasteiger partial charge in [0.05, 0.1) is 17.1 Å². The van der Waals surface area contributed by atoms with Crippen molar-refractivity contribution in [2.75, 3.05) is 0 Å². The van der Waals surface area contributed by atoms with Crippen LogP contribution in [0.25, 0.3) is 11.6 Å². The Labute approximate surface area is 165 Å². The second-order valence-corrected chi connectivity index (χ2v) is 7.73. The van der Waals surface area contributed by atoms with Crippen LogP contribution < -0.4 is 4.87 Å². The summed E-state index contributed by atoms with van der Waals surface area (Å²) < 4.78 is 1.36. The molecule has 0 bridgehead atoms. The number of hydrogen-bond donors (Lipinski definition) is 1. The molecule has 0 fully saturated rings. The average molecular weight is 397 g/mol. The molecule has 0 amide bonds. The molecule has 1 aromatic heterocycles. The van der Waals surface area contributed by atoms with Crippen molar-refractivity contribution >= 4 is 46.5 Å². The highest BCUT2D eigenvalue weighted by Crippen LogP contribution is 2.37. The molecule has 0 radical (unpaired) electrons. The summed E-state index contributed by atoms with van der Waals surface area (Å²) in [6, 6.07) is 13.3. The van der Waals surface area contributed by atoms with E-state index >= 15 is 0 Å². The van der Waals surface area contributed by atoms with Crippen LogP contribution in [0.2, 0.25) is 5.02 Å². The van der Waals surface area contributed by atoms with E-state index in [1.807, 2.05) is 30.3 Å². The fourth-order valence-electron chi connectivity index (χ4n) is 3.19. The number of benzene rings is 2. The van der Waals surface area contributed by atoms with Crippen LogP contribution in [0.15, 0.2) is 52.3 Å². The van der Waals surface area contributed by atoms with Gasteiger partial charge in [0.15, 0.2) is 0 Å². The monoisotopic (exact) mass is 396 g/mol. The lowest BCUT2D eigenvalue weighted by Crippen LogP contribution is -2.13. The molecular weight excluding hydrogens is 380 g/mol. The lowest BCUT2D eigenvalue weighted by Gasteiger charge is -2.05. The first kappa shape index (κ1) is 17.8. The number of nitrogens with zero attached hydrogens (tertiary/aromatic N) is 2. The topological polar surface area (TPSA) is 54.6 Å². The molecule has 4 rings (SSSR count). The highest BCUT2D eigenvalue weighted by atomic mass is 35.5. The zero-order valence-corrected chi connectivity index (χ0v) is 16.2. The second kappa shape index (κ2) is 7.18. The van der Waals surface area contributed by atoms with Gasteiger partial charge in [0, 0.05) is 22.4 Å². The molecule has 4 nitrogen and oxygen atoms in total. The van der Waals surface area contributed by atoms with E-state index in [2.05, 4.69) is 18.0 Å². The van der Waals surface area contributed by atoms with Crippen molar-refractivity contribution < 1.29 is 5.11 Å². The minimum absolute atomic E-state index is 0.0361. The van der Waals surface area contributed by atoms with E-state index in [1.165, 1.54) is 10.1 Å². The van der Waals surface area contributed by atoms with Crippen LogP contribution in [0.3, 0.4) is 0 Å². The van der Waals surface area contributed by atoms with Gasteiger partial charge in [-0.05, 0) is 35.8 Å². The van der Waals surface area contributed by atoms with E-state index in [0.717, 1.165) is 40.1 Å². The first-order valence-corrected chi connectivity index (χ1v) is 9.81. The Morgan fingerprint density at radius 1 is 1.26 bits per heavy atom. The van der Waals surface area contributed by atoms with E-state index in [-0.39, 0.29) is 17.3 Å². The minimum atomic E-state index is -0.211. The fourth-order valence-corrected chi connectivity index (χ4v) is 4.24. The first-order valence-electron chi connectivity index (χ1n) is 8.62. The number of thiazole rings is 1. The molecule has 2 heterocycles. The number of fused-ring (bicyclic) bond motifs is 1. The third-order valence-corrected chi connectivity index (χ3v) is 5.70. The van der Waals surface area contributed by atoms with Crippen LogP contribution in [-0.4, -0.2) is 15.9 Å². The van der Waals surface area contributed by atoms with Crippen molar-refractivity contribution in [1.29, 1.82) is 0 Å². The smallest absolute Gasteiger partial charge is 0.310 e. The van der Waals surface area contributed by atoms with Gasteiger partial charge in [0.2, 0.25) is 5.88 Å². The molecule has 0 spiro atoms. The lowest BCUT2D eigenvalue weighted by molar-refractivity contribution is 0.420. The largest absolute Gasteiger partial charge is 0.493 e. The highest BCUT2D eigenvalue weighted by molar-refractivity contribution is 7.10. The molecule has 0 saturated carbocycles. The Bertz CT molecular complexity index is 1140. The van der Waals surface area contributed by atoms with Crippen molar-refractivity contribution in [3.8, 4) is 5.88 Å². The van der Waals surface area contributed by atoms with Crippen molar-refractivity contribution in [2.45, 2.75) is 19.9 Å². The summed E-state index contributed by atoms with van der Waals surface area (Å²) in [4.78, 5) is 17.2. The Kier molecular flexibility index (Phi) is 4.72. The van der Waals surface area contributed by atoms with Gasteiger partial charge in [-0.15, -0.1) is 0 Å². The quantitative estimate of drug-likeness (QED) is 0.664. The SMILES string of the molecule is CCc1cccc2c1N=C/C2=C\c1sc(=O)n(Cc2cccc(Cl)c2)c1O. The van der Waals surface area contributed by atoms with Gasteiger partial charge in [0.25, 0.3) is 0 Å². The summed E-state index contributed by atoms with van der Waals surface area (Å²) in [6.07, 6.45) is 4.52. The fraction of sp³-hybridized carbons (Fsp3) is 0.143. The molecule has 0 saturated heterocycles. The van der Waals surface area contributed by atoms with Crippen LogP contribution in [0.4, 0.5) is 5.69 Å². The number of aromatic hydroxyl groups is 1. The van der Waals surface area contributed by atoms with E-state index < -0.39 is 0 Å². The zero-order chi connectivity index (χ0) is 19.0. The molecular formula is C21H17ClN2O2S. The molecule has 0 unspecified atom stereocenters. The maximum atomic E-state index is 12.4. The maximum Gasteiger partial charge on any atom is 0.310 e. The third kappa shape index (κ3) is 3.36. The summed E-state index contributed by atoms with van der Waals surface area (Å²) in [7, 11) is 0. The Balaban J connectivity index is 1.71. The summed E-state index contributed by atoms with van der Waals surface area (Å²) in [5.41, 5.74) is 4.93. The van der Waals surface area contributed by atoms with E-state index in [0.29, 0.717) is 9.90 Å². The molecule has 27 heavy (non-hydrogen) atoms. The van der Waals surface area contributed by atoms with Crippen LogP contribution in [-0.2, 0) is 13.0 Å². The number of aliphatic imine (C=N–C) groups is 1. The standard InChI is InChI=1S/C21H17ClN2O2S/c1-2-14-6-4-8-17-15(11-23-19(14)17)10-18-20(25)24(21(26)27-18)12-13-5-3-7-16(22)9-13/h3-11,25H,2,12H2,1H3/b15-10+. The molecule has 2 aromatic carbocycles. The second-order valence-electron chi connectivity index (χ2n) is 6.30. The van der Waals surface area contributed by atoms with Crippen molar-refractivity contribution in [2.24, 2.45) is 4.99 Å². The van der Waals surface area contributed by atoms with E-state index in [4.69, 9.17) is 11.6 Å². The van der Waals surface area contributed by atoms with Crippen LogP contribution in [0.1, 0.15) is 28.5 Å². The first-order chi connectivity index (χ1) is 13.1. The number of allylic oxidation sites excluding steroid dienone is 1. The summed E-state index contributed by atoms with van der Waals surface area (Å²) in [5, 5.41) is 11.2. The van der Waals surface area contributed by atoms with Gasteiger partial charge < -0.3 is 5.11 Å². The Morgan fingerprint density at radius 2 is 2.07 bits per heavy atom. The predicted octanol–water partition coefficient (Wildman–Crippen LogP) is 5.14. The van der Waals surface area contributed by atoms with Crippen LogP contribution in [0, 0.1) is 0 Å². The zero-order valence-electron chi connectivity index (χ0n) is 14.6. The third-order valence-electron chi connectivity index (χ3n) is 4.55. The normalized spacial score (nSPS) is 14.1. The van der Waals surface area contributed by atoms with Crippen LogP contribution >= 0.6 is 22.9 Å². The number of rotatable bonds is 4. The van der Waals surface area contributed by atoms with Crippen molar-refractivity contribution in [3.63, 3.8) is 0 Å². The summed E-state index contributed by atoms with van der Waals surface area (Å²) in [6.45, 7) is 2.37. The van der Waals surface area contributed by atoms with E-state index in [9.17, 15) is 9.90 Å².